The Morgan fingerprint density at radius 2 is 1.80 bits per heavy atom. The van der Waals surface area contributed by atoms with Gasteiger partial charge < -0.3 is 15.0 Å². The number of nitro groups is 1. The molecule has 236 valence electrons. The summed E-state index contributed by atoms with van der Waals surface area (Å²) in [6.45, 7) is 4.91. The maximum atomic E-state index is 14.2. The minimum atomic E-state index is -4.59. The highest BCUT2D eigenvalue weighted by Crippen LogP contribution is 2.36. The molecule has 1 N–H and O–H groups in total. The molecule has 3 rings (SSSR count). The standard InChI is InChI=1S/C31H37ClN4O7S/c1-5-6-17-33-31(38)23(3)34(18-16-24-10-8-7-9-11-24)30(37)21-35(28-19-25(32)13-15-29(28)43-4)44(41,42)26-14-12-22(2)27(20-26)36(39)40/h7-15,19-20,23H,5-6,16-18,21H2,1-4H3,(H,33,38)/t23-/m1/s1. The molecule has 0 saturated heterocycles. The molecule has 0 aliphatic carbocycles. The van der Waals surface area contributed by atoms with Crippen molar-refractivity contribution >= 4 is 44.8 Å². The van der Waals surface area contributed by atoms with Crippen molar-refractivity contribution in [2.45, 2.75) is 51.0 Å². The molecule has 3 aromatic rings. The molecule has 11 nitrogen and oxygen atoms in total. The number of aryl methyl sites for hydroxylation is 1. The Bertz CT molecular complexity index is 1590. The molecule has 0 saturated carbocycles. The number of nitrogens with one attached hydrogen (secondary N) is 1. The van der Waals surface area contributed by atoms with Gasteiger partial charge in [0.15, 0.2) is 0 Å². The van der Waals surface area contributed by atoms with Crippen LogP contribution in [0, 0.1) is 17.0 Å². The molecule has 13 heteroatoms. The fourth-order valence-corrected chi connectivity index (χ4v) is 6.15. The summed E-state index contributed by atoms with van der Waals surface area (Å²) in [4.78, 5) is 39.1. The molecular formula is C31H37ClN4O7S. The van der Waals surface area contributed by atoms with Gasteiger partial charge in [0.05, 0.1) is 22.6 Å². The molecule has 0 fully saturated rings. The second-order valence-electron chi connectivity index (χ2n) is 10.2. The van der Waals surface area contributed by atoms with Crippen molar-refractivity contribution in [3.63, 3.8) is 0 Å². The van der Waals surface area contributed by atoms with Gasteiger partial charge in [0, 0.05) is 29.7 Å². The Kier molecular flexibility index (Phi) is 12.1. The van der Waals surface area contributed by atoms with Gasteiger partial charge in [-0.25, -0.2) is 8.42 Å². The fraction of sp³-hybridized carbons (Fsp3) is 0.355. The Balaban J connectivity index is 2.09. The highest BCUT2D eigenvalue weighted by atomic mass is 35.5. The van der Waals surface area contributed by atoms with Gasteiger partial charge in [0.2, 0.25) is 11.8 Å². The molecule has 3 aromatic carbocycles. The second kappa shape index (κ2) is 15.5. The van der Waals surface area contributed by atoms with Crippen molar-refractivity contribution < 1.29 is 27.7 Å². The predicted octanol–water partition coefficient (Wildman–Crippen LogP) is 5.14. The minimum Gasteiger partial charge on any atom is -0.495 e. The lowest BCUT2D eigenvalue weighted by atomic mass is 10.1. The smallest absolute Gasteiger partial charge is 0.273 e. The zero-order valence-corrected chi connectivity index (χ0v) is 26.7. The van der Waals surface area contributed by atoms with E-state index in [-0.39, 0.29) is 34.5 Å². The van der Waals surface area contributed by atoms with Crippen LogP contribution in [0.4, 0.5) is 11.4 Å². The summed E-state index contributed by atoms with van der Waals surface area (Å²) >= 11 is 6.26. The molecule has 0 aromatic heterocycles. The van der Waals surface area contributed by atoms with Crippen LogP contribution >= 0.6 is 11.6 Å². The van der Waals surface area contributed by atoms with Gasteiger partial charge in [0.1, 0.15) is 18.3 Å². The molecule has 0 unspecified atom stereocenters. The van der Waals surface area contributed by atoms with E-state index in [4.69, 9.17) is 16.3 Å². The van der Waals surface area contributed by atoms with Gasteiger partial charge in [-0.15, -0.1) is 0 Å². The molecule has 0 aliphatic rings. The molecule has 2 amide bonds. The van der Waals surface area contributed by atoms with E-state index in [0.29, 0.717) is 13.0 Å². The summed E-state index contributed by atoms with van der Waals surface area (Å²) in [5.74, 6) is -0.927. The number of nitrogens with zero attached hydrogens (tertiary/aromatic N) is 3. The van der Waals surface area contributed by atoms with E-state index in [0.717, 1.165) is 28.8 Å². The van der Waals surface area contributed by atoms with Crippen LogP contribution in [0.3, 0.4) is 0 Å². The number of benzene rings is 3. The number of carbonyl (C=O) groups is 2. The van der Waals surface area contributed by atoms with Gasteiger partial charge in [-0.1, -0.05) is 61.3 Å². The third kappa shape index (κ3) is 8.48. The largest absolute Gasteiger partial charge is 0.495 e. The average molecular weight is 645 g/mol. The number of amides is 2. The third-order valence-electron chi connectivity index (χ3n) is 7.13. The lowest BCUT2D eigenvalue weighted by Crippen LogP contribution is -2.52. The van der Waals surface area contributed by atoms with Crippen molar-refractivity contribution in [2.75, 3.05) is 31.0 Å². The topological polar surface area (TPSA) is 139 Å². The molecule has 0 spiro atoms. The van der Waals surface area contributed by atoms with Crippen molar-refractivity contribution in [3.05, 3.63) is 93.0 Å². The Morgan fingerprint density at radius 1 is 1.09 bits per heavy atom. The van der Waals surface area contributed by atoms with Crippen LogP contribution in [0.1, 0.15) is 37.8 Å². The number of halogens is 1. The first-order valence-electron chi connectivity index (χ1n) is 14.1. The monoisotopic (exact) mass is 644 g/mol. The number of sulfonamides is 1. The van der Waals surface area contributed by atoms with Crippen molar-refractivity contribution in [3.8, 4) is 5.75 Å². The molecule has 1 atom stereocenters. The molecular weight excluding hydrogens is 608 g/mol. The number of unbranched alkanes of at least 4 members (excludes halogenated alkanes) is 1. The van der Waals surface area contributed by atoms with E-state index < -0.39 is 44.0 Å². The lowest BCUT2D eigenvalue weighted by molar-refractivity contribution is -0.385. The Morgan fingerprint density at radius 3 is 2.43 bits per heavy atom. The van der Waals surface area contributed by atoms with Crippen LogP contribution in [0.2, 0.25) is 5.02 Å². The SMILES string of the molecule is CCCCNC(=O)[C@@H](C)N(CCc1ccccc1)C(=O)CN(c1cc(Cl)ccc1OC)S(=O)(=O)c1ccc(C)c([N+](=O)[O-])c1. The maximum Gasteiger partial charge on any atom is 0.273 e. The van der Waals surface area contributed by atoms with E-state index in [2.05, 4.69) is 5.32 Å². The van der Waals surface area contributed by atoms with Crippen LogP contribution < -0.4 is 14.4 Å². The van der Waals surface area contributed by atoms with Gasteiger partial charge >= 0.3 is 0 Å². The van der Waals surface area contributed by atoms with Crippen LogP contribution in [0.15, 0.2) is 71.6 Å². The van der Waals surface area contributed by atoms with Gasteiger partial charge in [0.25, 0.3) is 15.7 Å². The van der Waals surface area contributed by atoms with Crippen LogP contribution in [-0.4, -0.2) is 62.8 Å². The zero-order chi connectivity index (χ0) is 32.4. The van der Waals surface area contributed by atoms with Crippen LogP contribution in [0.25, 0.3) is 0 Å². The number of rotatable bonds is 15. The van der Waals surface area contributed by atoms with E-state index in [1.165, 1.54) is 49.3 Å². The Hall–Kier alpha value is -4.16. The molecule has 44 heavy (non-hydrogen) atoms. The quantitative estimate of drug-likeness (QED) is 0.137. The summed E-state index contributed by atoms with van der Waals surface area (Å²) in [6.07, 6.45) is 2.05. The van der Waals surface area contributed by atoms with E-state index in [9.17, 15) is 28.1 Å². The number of nitro benzene ring substituents is 1. The second-order valence-corrected chi connectivity index (χ2v) is 12.5. The van der Waals surface area contributed by atoms with E-state index in [1.54, 1.807) is 6.92 Å². The number of hydrogen-bond acceptors (Lipinski definition) is 7. The zero-order valence-electron chi connectivity index (χ0n) is 25.2. The number of hydrogen-bond donors (Lipinski definition) is 1. The summed E-state index contributed by atoms with van der Waals surface area (Å²) in [7, 11) is -3.26. The first-order valence-corrected chi connectivity index (χ1v) is 15.9. The van der Waals surface area contributed by atoms with Gasteiger partial charge in [-0.05, 0) is 56.5 Å². The van der Waals surface area contributed by atoms with Crippen molar-refractivity contribution in [1.82, 2.24) is 10.2 Å². The summed E-state index contributed by atoms with van der Waals surface area (Å²) in [5.41, 5.74) is 0.765. The Labute approximate surface area is 263 Å². The summed E-state index contributed by atoms with van der Waals surface area (Å²) in [6, 6.07) is 16.3. The predicted molar refractivity (Wildman–Crippen MR) is 170 cm³/mol. The molecule has 0 aliphatic heterocycles. The van der Waals surface area contributed by atoms with E-state index >= 15 is 0 Å². The normalized spacial score (nSPS) is 11.8. The highest BCUT2D eigenvalue weighted by molar-refractivity contribution is 7.92. The molecule has 0 bridgehead atoms. The van der Waals surface area contributed by atoms with Gasteiger partial charge in [-0.3, -0.25) is 24.0 Å². The first kappa shape index (κ1) is 34.3. The maximum absolute atomic E-state index is 14.2. The molecule has 0 heterocycles. The number of methoxy groups -OCH3 is 1. The first-order chi connectivity index (χ1) is 20.9. The average Bonchev–Trinajstić information content (AvgIpc) is 3.00. The highest BCUT2D eigenvalue weighted by Gasteiger charge is 2.34. The van der Waals surface area contributed by atoms with Crippen molar-refractivity contribution in [2.24, 2.45) is 0 Å². The number of carbonyl (C=O) groups excluding carboxylic acids is 2. The van der Waals surface area contributed by atoms with Crippen molar-refractivity contribution in [1.29, 1.82) is 0 Å². The van der Waals surface area contributed by atoms with E-state index in [1.807, 2.05) is 37.3 Å². The van der Waals surface area contributed by atoms with Gasteiger partial charge in [-0.2, -0.15) is 0 Å². The fourth-order valence-electron chi connectivity index (χ4n) is 4.55. The number of ether oxygens (including phenoxy) is 1. The molecule has 0 radical (unpaired) electrons. The lowest BCUT2D eigenvalue weighted by Gasteiger charge is -2.32. The van der Waals surface area contributed by atoms with Crippen LogP contribution in [-0.2, 0) is 26.0 Å². The minimum absolute atomic E-state index is 0.0420. The van der Waals surface area contributed by atoms with Crippen LogP contribution in [0.5, 0.6) is 5.75 Å². The summed E-state index contributed by atoms with van der Waals surface area (Å²) < 4.78 is 34.6. The number of anilines is 1. The summed E-state index contributed by atoms with van der Waals surface area (Å²) in [5, 5.41) is 14.6. The third-order valence-corrected chi connectivity index (χ3v) is 9.13.